The van der Waals surface area contributed by atoms with Crippen LogP contribution in [0.5, 0.6) is 5.75 Å². The maximum Gasteiger partial charge on any atom is 0.251 e. The van der Waals surface area contributed by atoms with E-state index in [2.05, 4.69) is 34.6 Å². The second kappa shape index (κ2) is 7.07. The van der Waals surface area contributed by atoms with Crippen LogP contribution < -0.4 is 10.1 Å². The first-order valence-electron chi connectivity index (χ1n) is 7.49. The number of benzene rings is 2. The molecule has 0 saturated heterocycles. The fourth-order valence-electron chi connectivity index (χ4n) is 2.37. The van der Waals surface area contributed by atoms with Crippen LogP contribution in [0.2, 0.25) is 0 Å². The molecule has 0 spiro atoms. The van der Waals surface area contributed by atoms with Crippen LogP contribution >= 0.6 is 0 Å². The Hall–Kier alpha value is -2.66. The summed E-state index contributed by atoms with van der Waals surface area (Å²) in [4.78, 5) is 0. The monoisotopic (exact) mass is 309 g/mol. The van der Waals surface area contributed by atoms with Gasteiger partial charge in [0.2, 0.25) is 5.89 Å². The summed E-state index contributed by atoms with van der Waals surface area (Å²) in [5.41, 5.74) is 3.32. The summed E-state index contributed by atoms with van der Waals surface area (Å²) in [6, 6.07) is 15.9. The Morgan fingerprint density at radius 2 is 1.78 bits per heavy atom. The smallest absolute Gasteiger partial charge is 0.251 e. The quantitative estimate of drug-likeness (QED) is 0.756. The number of para-hydroxylation sites is 1. The van der Waals surface area contributed by atoms with E-state index < -0.39 is 0 Å². The zero-order valence-corrected chi connectivity index (χ0v) is 13.2. The molecule has 0 aliphatic rings. The van der Waals surface area contributed by atoms with Gasteiger partial charge in [0, 0.05) is 6.54 Å². The largest absolute Gasteiger partial charge is 0.496 e. The van der Waals surface area contributed by atoms with Gasteiger partial charge in [0.15, 0.2) is 0 Å². The van der Waals surface area contributed by atoms with Crippen molar-refractivity contribution in [3.63, 3.8) is 0 Å². The van der Waals surface area contributed by atoms with Gasteiger partial charge in [-0.2, -0.15) is 0 Å². The molecule has 0 aliphatic carbocycles. The number of aryl methyl sites for hydroxylation is 1. The van der Waals surface area contributed by atoms with Crippen LogP contribution in [0, 0.1) is 6.92 Å². The van der Waals surface area contributed by atoms with Crippen molar-refractivity contribution in [2.75, 3.05) is 7.11 Å². The summed E-state index contributed by atoms with van der Waals surface area (Å²) in [6.07, 6.45) is 0. The molecule has 0 saturated carbocycles. The third kappa shape index (κ3) is 3.57. The summed E-state index contributed by atoms with van der Waals surface area (Å²) >= 11 is 0. The molecule has 23 heavy (non-hydrogen) atoms. The molecule has 0 radical (unpaired) electrons. The molecule has 0 bridgehead atoms. The molecule has 0 fully saturated rings. The Labute approximate surface area is 135 Å². The molecule has 0 unspecified atom stereocenters. The number of nitrogens with zero attached hydrogens (tertiary/aromatic N) is 2. The van der Waals surface area contributed by atoms with Crippen LogP contribution in [-0.2, 0) is 13.1 Å². The van der Waals surface area contributed by atoms with Gasteiger partial charge in [-0.15, -0.1) is 10.2 Å². The highest BCUT2D eigenvalue weighted by atomic mass is 16.5. The molecular formula is C18H19N3O2. The third-order valence-electron chi connectivity index (χ3n) is 3.66. The lowest BCUT2D eigenvalue weighted by Gasteiger charge is -2.05. The van der Waals surface area contributed by atoms with Crippen molar-refractivity contribution in [2.24, 2.45) is 0 Å². The van der Waals surface area contributed by atoms with Crippen molar-refractivity contribution in [3.05, 3.63) is 65.5 Å². The van der Waals surface area contributed by atoms with Crippen LogP contribution in [0.15, 0.2) is 52.9 Å². The van der Waals surface area contributed by atoms with Gasteiger partial charge in [0.05, 0.1) is 19.2 Å². The highest BCUT2D eigenvalue weighted by molar-refractivity contribution is 5.62. The fourth-order valence-corrected chi connectivity index (χ4v) is 2.37. The first-order valence-corrected chi connectivity index (χ1v) is 7.49. The van der Waals surface area contributed by atoms with Crippen LogP contribution in [0.4, 0.5) is 0 Å². The molecule has 1 N–H and O–H groups in total. The highest BCUT2D eigenvalue weighted by Crippen LogP contribution is 2.28. The lowest BCUT2D eigenvalue weighted by Crippen LogP contribution is -2.13. The van der Waals surface area contributed by atoms with Crippen molar-refractivity contribution >= 4 is 0 Å². The van der Waals surface area contributed by atoms with E-state index in [1.807, 2.05) is 36.4 Å². The van der Waals surface area contributed by atoms with E-state index in [0.717, 1.165) is 17.9 Å². The van der Waals surface area contributed by atoms with E-state index in [9.17, 15) is 0 Å². The van der Waals surface area contributed by atoms with Gasteiger partial charge in [0.25, 0.3) is 5.89 Å². The van der Waals surface area contributed by atoms with E-state index in [-0.39, 0.29) is 0 Å². The molecule has 118 valence electrons. The van der Waals surface area contributed by atoms with Gasteiger partial charge in [0.1, 0.15) is 5.75 Å². The van der Waals surface area contributed by atoms with Crippen molar-refractivity contribution < 1.29 is 9.15 Å². The average molecular weight is 309 g/mol. The van der Waals surface area contributed by atoms with Crippen molar-refractivity contribution in [2.45, 2.75) is 20.0 Å². The lowest BCUT2D eigenvalue weighted by atomic mass is 10.1. The summed E-state index contributed by atoms with van der Waals surface area (Å²) < 4.78 is 11.0. The van der Waals surface area contributed by atoms with Gasteiger partial charge in [-0.25, -0.2) is 0 Å². The number of hydrogen-bond donors (Lipinski definition) is 1. The number of rotatable bonds is 6. The Morgan fingerprint density at radius 1 is 1.00 bits per heavy atom. The van der Waals surface area contributed by atoms with Crippen LogP contribution in [0.3, 0.4) is 0 Å². The summed E-state index contributed by atoms with van der Waals surface area (Å²) in [7, 11) is 1.62. The number of aromatic nitrogens is 2. The minimum atomic E-state index is 0.468. The van der Waals surface area contributed by atoms with E-state index in [0.29, 0.717) is 18.3 Å². The second-order valence-electron chi connectivity index (χ2n) is 5.23. The predicted octanol–water partition coefficient (Wildman–Crippen LogP) is 3.34. The van der Waals surface area contributed by atoms with E-state index in [4.69, 9.17) is 9.15 Å². The number of hydrogen-bond acceptors (Lipinski definition) is 5. The molecule has 5 nitrogen and oxygen atoms in total. The molecular weight excluding hydrogens is 290 g/mol. The molecule has 1 heterocycles. The number of ether oxygens (including phenoxy) is 1. The Balaban J connectivity index is 1.65. The second-order valence-corrected chi connectivity index (χ2v) is 5.23. The molecule has 1 aromatic heterocycles. The van der Waals surface area contributed by atoms with Gasteiger partial charge < -0.3 is 14.5 Å². The van der Waals surface area contributed by atoms with E-state index in [1.165, 1.54) is 11.1 Å². The number of nitrogens with one attached hydrogen (secondary N) is 1. The molecule has 3 aromatic rings. The molecule has 3 rings (SSSR count). The van der Waals surface area contributed by atoms with E-state index >= 15 is 0 Å². The van der Waals surface area contributed by atoms with Crippen LogP contribution in [0.1, 0.15) is 17.0 Å². The van der Waals surface area contributed by atoms with E-state index in [1.54, 1.807) is 7.11 Å². The van der Waals surface area contributed by atoms with Crippen molar-refractivity contribution in [1.29, 1.82) is 0 Å². The highest BCUT2D eigenvalue weighted by Gasteiger charge is 2.12. The molecule has 2 aromatic carbocycles. The maximum absolute atomic E-state index is 5.72. The van der Waals surface area contributed by atoms with Gasteiger partial charge in [-0.05, 0) is 30.2 Å². The van der Waals surface area contributed by atoms with Gasteiger partial charge in [-0.1, -0.05) is 36.4 Å². The molecule has 5 heteroatoms. The summed E-state index contributed by atoms with van der Waals surface area (Å²) in [5.74, 6) is 1.74. The maximum atomic E-state index is 5.72. The fraction of sp³-hybridized carbons (Fsp3) is 0.222. The minimum absolute atomic E-state index is 0.468. The normalized spacial score (nSPS) is 10.7. The minimum Gasteiger partial charge on any atom is -0.496 e. The molecule has 0 amide bonds. The first kappa shape index (κ1) is 15.2. The van der Waals surface area contributed by atoms with Gasteiger partial charge in [-0.3, -0.25) is 0 Å². The van der Waals surface area contributed by atoms with Crippen molar-refractivity contribution in [3.8, 4) is 17.2 Å². The zero-order chi connectivity index (χ0) is 16.1. The summed E-state index contributed by atoms with van der Waals surface area (Å²) in [5, 5.41) is 11.5. The lowest BCUT2D eigenvalue weighted by molar-refractivity contribution is 0.413. The average Bonchev–Trinajstić information content (AvgIpc) is 3.05. The van der Waals surface area contributed by atoms with Crippen LogP contribution in [0.25, 0.3) is 11.5 Å². The molecule has 0 aliphatic heterocycles. The SMILES string of the molecule is COc1ccccc1-c1nnc(CNCc2ccccc2C)o1. The first-order chi connectivity index (χ1) is 11.3. The predicted molar refractivity (Wildman–Crippen MR) is 88.0 cm³/mol. The zero-order valence-electron chi connectivity index (χ0n) is 13.2. The Morgan fingerprint density at radius 3 is 2.61 bits per heavy atom. The standard InChI is InChI=1S/C18H19N3O2/c1-13-7-3-4-8-14(13)11-19-12-17-20-21-18(23-17)15-9-5-6-10-16(15)22-2/h3-10,19H,11-12H2,1-2H3. The topological polar surface area (TPSA) is 60.2 Å². The van der Waals surface area contributed by atoms with Crippen molar-refractivity contribution in [1.82, 2.24) is 15.5 Å². The Bertz CT molecular complexity index is 783. The summed E-state index contributed by atoms with van der Waals surface area (Å²) in [6.45, 7) is 3.39. The number of methoxy groups -OCH3 is 1. The van der Waals surface area contributed by atoms with Crippen LogP contribution in [-0.4, -0.2) is 17.3 Å². The third-order valence-corrected chi connectivity index (χ3v) is 3.66. The van der Waals surface area contributed by atoms with Gasteiger partial charge >= 0.3 is 0 Å². The molecule has 0 atom stereocenters. The Kier molecular flexibility index (Phi) is 4.68.